The Morgan fingerprint density at radius 3 is 2.64 bits per heavy atom. The predicted octanol–water partition coefficient (Wildman–Crippen LogP) is 2.50. The van der Waals surface area contributed by atoms with E-state index in [9.17, 15) is 4.39 Å². The third kappa shape index (κ3) is 3.42. The summed E-state index contributed by atoms with van der Waals surface area (Å²) >= 11 is 0. The van der Waals surface area contributed by atoms with Crippen LogP contribution in [0.15, 0.2) is 18.5 Å². The molecule has 0 atom stereocenters. The molecule has 78 valence electrons. The van der Waals surface area contributed by atoms with Gasteiger partial charge in [0.2, 0.25) is 0 Å². The van der Waals surface area contributed by atoms with Crippen LogP contribution in [0.4, 0.5) is 4.39 Å². The maximum absolute atomic E-state index is 12.8. The second kappa shape index (κ2) is 5.70. The molecule has 0 saturated carbocycles. The second-order valence-electron chi connectivity index (χ2n) is 3.41. The molecule has 0 spiro atoms. The third-order valence-electron chi connectivity index (χ3n) is 2.34. The molecule has 1 aromatic heterocycles. The summed E-state index contributed by atoms with van der Waals surface area (Å²) in [5.41, 5.74) is 0.900. The number of rotatable bonds is 5. The van der Waals surface area contributed by atoms with Gasteiger partial charge in [-0.05, 0) is 24.5 Å². The minimum Gasteiger partial charge on any atom is -0.310 e. The SMILES string of the molecule is CCC(CC)NCc1cncc(F)c1. The lowest BCUT2D eigenvalue weighted by Crippen LogP contribution is -2.27. The monoisotopic (exact) mass is 196 g/mol. The summed E-state index contributed by atoms with van der Waals surface area (Å²) in [6, 6.07) is 2.03. The van der Waals surface area contributed by atoms with Crippen LogP contribution in [0.2, 0.25) is 0 Å². The lowest BCUT2D eigenvalue weighted by molar-refractivity contribution is 0.482. The standard InChI is InChI=1S/C11H17FN2/c1-3-11(4-2)14-7-9-5-10(12)8-13-6-9/h5-6,8,11,14H,3-4,7H2,1-2H3. The second-order valence-corrected chi connectivity index (χ2v) is 3.41. The van der Waals surface area contributed by atoms with Crippen molar-refractivity contribution in [2.75, 3.05) is 0 Å². The van der Waals surface area contributed by atoms with E-state index in [0.29, 0.717) is 12.6 Å². The zero-order valence-corrected chi connectivity index (χ0v) is 8.76. The fraction of sp³-hybridized carbons (Fsp3) is 0.545. The molecule has 0 aliphatic heterocycles. The Hall–Kier alpha value is -0.960. The zero-order chi connectivity index (χ0) is 10.4. The highest BCUT2D eigenvalue weighted by atomic mass is 19.1. The van der Waals surface area contributed by atoms with E-state index >= 15 is 0 Å². The summed E-state index contributed by atoms with van der Waals surface area (Å²) in [5.74, 6) is -0.270. The van der Waals surface area contributed by atoms with Gasteiger partial charge in [0.25, 0.3) is 0 Å². The van der Waals surface area contributed by atoms with Gasteiger partial charge in [-0.15, -0.1) is 0 Å². The molecule has 0 amide bonds. The van der Waals surface area contributed by atoms with Gasteiger partial charge in [-0.1, -0.05) is 13.8 Å². The van der Waals surface area contributed by atoms with Gasteiger partial charge in [-0.2, -0.15) is 0 Å². The van der Waals surface area contributed by atoms with E-state index in [1.54, 1.807) is 6.20 Å². The molecule has 0 fully saturated rings. The van der Waals surface area contributed by atoms with Crippen molar-refractivity contribution >= 4 is 0 Å². The summed E-state index contributed by atoms with van der Waals surface area (Å²) in [6.07, 6.45) is 5.11. The van der Waals surface area contributed by atoms with Crippen LogP contribution >= 0.6 is 0 Å². The van der Waals surface area contributed by atoms with Crippen molar-refractivity contribution in [1.29, 1.82) is 0 Å². The number of aromatic nitrogens is 1. The first-order chi connectivity index (χ1) is 6.76. The Morgan fingerprint density at radius 1 is 1.36 bits per heavy atom. The first kappa shape index (κ1) is 11.1. The Bertz CT molecular complexity index is 272. The first-order valence-corrected chi connectivity index (χ1v) is 5.09. The van der Waals surface area contributed by atoms with Crippen LogP contribution in [-0.4, -0.2) is 11.0 Å². The molecule has 0 saturated heterocycles. The maximum Gasteiger partial charge on any atom is 0.141 e. The van der Waals surface area contributed by atoms with Crippen molar-refractivity contribution in [2.45, 2.75) is 39.3 Å². The molecule has 0 aromatic carbocycles. The van der Waals surface area contributed by atoms with Crippen molar-refractivity contribution in [3.05, 3.63) is 29.8 Å². The lowest BCUT2D eigenvalue weighted by Gasteiger charge is -2.14. The Morgan fingerprint density at radius 2 is 2.07 bits per heavy atom. The van der Waals surface area contributed by atoms with E-state index < -0.39 is 0 Å². The largest absolute Gasteiger partial charge is 0.310 e. The maximum atomic E-state index is 12.8. The van der Waals surface area contributed by atoms with Gasteiger partial charge in [0.05, 0.1) is 6.20 Å². The van der Waals surface area contributed by atoms with Crippen molar-refractivity contribution in [3.8, 4) is 0 Å². The van der Waals surface area contributed by atoms with E-state index in [0.717, 1.165) is 18.4 Å². The van der Waals surface area contributed by atoms with Gasteiger partial charge in [-0.25, -0.2) is 4.39 Å². The highest BCUT2D eigenvalue weighted by molar-refractivity contribution is 5.09. The summed E-state index contributed by atoms with van der Waals surface area (Å²) < 4.78 is 12.8. The van der Waals surface area contributed by atoms with Gasteiger partial charge in [0.15, 0.2) is 0 Å². The van der Waals surface area contributed by atoms with Gasteiger partial charge >= 0.3 is 0 Å². The molecule has 0 radical (unpaired) electrons. The molecular formula is C11H17FN2. The third-order valence-corrected chi connectivity index (χ3v) is 2.34. The molecule has 14 heavy (non-hydrogen) atoms. The van der Waals surface area contributed by atoms with Crippen molar-refractivity contribution in [3.63, 3.8) is 0 Å². The predicted molar refractivity (Wildman–Crippen MR) is 55.4 cm³/mol. The average Bonchev–Trinajstić information content (AvgIpc) is 2.19. The molecule has 1 N–H and O–H groups in total. The van der Waals surface area contributed by atoms with Crippen LogP contribution < -0.4 is 5.32 Å². The van der Waals surface area contributed by atoms with E-state index in [-0.39, 0.29) is 5.82 Å². The van der Waals surface area contributed by atoms with Gasteiger partial charge in [0.1, 0.15) is 5.82 Å². The number of hydrogen-bond acceptors (Lipinski definition) is 2. The number of pyridine rings is 1. The highest BCUT2D eigenvalue weighted by Crippen LogP contribution is 2.02. The molecule has 1 rings (SSSR count). The first-order valence-electron chi connectivity index (χ1n) is 5.09. The van der Waals surface area contributed by atoms with Crippen LogP contribution in [0.3, 0.4) is 0 Å². The van der Waals surface area contributed by atoms with Crippen molar-refractivity contribution in [2.24, 2.45) is 0 Å². The quantitative estimate of drug-likeness (QED) is 0.782. The average molecular weight is 196 g/mol. The highest BCUT2D eigenvalue weighted by Gasteiger charge is 2.02. The summed E-state index contributed by atoms with van der Waals surface area (Å²) in [5, 5.41) is 3.36. The molecule has 1 aromatic rings. The topological polar surface area (TPSA) is 24.9 Å². The summed E-state index contributed by atoms with van der Waals surface area (Å²) in [6.45, 7) is 4.98. The van der Waals surface area contributed by atoms with Crippen LogP contribution in [-0.2, 0) is 6.54 Å². The number of hydrogen-bond donors (Lipinski definition) is 1. The Balaban J connectivity index is 2.44. The molecule has 0 bridgehead atoms. The van der Waals surface area contributed by atoms with Crippen molar-refractivity contribution < 1.29 is 4.39 Å². The van der Waals surface area contributed by atoms with Crippen LogP contribution in [0, 0.1) is 5.82 Å². The fourth-order valence-electron chi connectivity index (χ4n) is 1.39. The number of nitrogens with zero attached hydrogens (tertiary/aromatic N) is 1. The normalized spacial score (nSPS) is 10.9. The fourth-order valence-corrected chi connectivity index (χ4v) is 1.39. The van der Waals surface area contributed by atoms with E-state index in [1.807, 2.05) is 0 Å². The minimum atomic E-state index is -0.270. The lowest BCUT2D eigenvalue weighted by atomic mass is 10.1. The zero-order valence-electron chi connectivity index (χ0n) is 8.76. The molecule has 2 nitrogen and oxygen atoms in total. The van der Waals surface area contributed by atoms with Gasteiger partial charge in [0, 0.05) is 18.8 Å². The van der Waals surface area contributed by atoms with Crippen LogP contribution in [0.25, 0.3) is 0 Å². The van der Waals surface area contributed by atoms with E-state index in [2.05, 4.69) is 24.1 Å². The number of nitrogens with one attached hydrogen (secondary N) is 1. The molecule has 0 aliphatic carbocycles. The minimum absolute atomic E-state index is 0.270. The molecule has 0 aliphatic rings. The van der Waals surface area contributed by atoms with Crippen LogP contribution in [0.1, 0.15) is 32.3 Å². The molecule has 0 unspecified atom stereocenters. The van der Waals surface area contributed by atoms with E-state index in [1.165, 1.54) is 12.3 Å². The smallest absolute Gasteiger partial charge is 0.141 e. The molecule has 1 heterocycles. The van der Waals surface area contributed by atoms with Crippen LogP contribution in [0.5, 0.6) is 0 Å². The summed E-state index contributed by atoms with van der Waals surface area (Å²) in [7, 11) is 0. The molecular weight excluding hydrogens is 179 g/mol. The van der Waals surface area contributed by atoms with E-state index in [4.69, 9.17) is 0 Å². The molecule has 3 heteroatoms. The summed E-state index contributed by atoms with van der Waals surface area (Å²) in [4.78, 5) is 3.80. The van der Waals surface area contributed by atoms with Crippen molar-refractivity contribution in [1.82, 2.24) is 10.3 Å². The Labute approximate surface area is 84.6 Å². The Kier molecular flexibility index (Phi) is 4.53. The van der Waals surface area contributed by atoms with Gasteiger partial charge in [-0.3, -0.25) is 4.98 Å². The number of halogens is 1. The van der Waals surface area contributed by atoms with Gasteiger partial charge < -0.3 is 5.32 Å².